The zero-order valence-electron chi connectivity index (χ0n) is 11.3. The lowest BCUT2D eigenvalue weighted by molar-refractivity contribution is -0.145. The Morgan fingerprint density at radius 1 is 1.42 bits per heavy atom. The second kappa shape index (κ2) is 8.93. The summed E-state index contributed by atoms with van der Waals surface area (Å²) in [5.41, 5.74) is 0. The number of carbonyl (C=O) groups is 1. The molecule has 0 radical (unpaired) electrons. The molecule has 1 N–H and O–H groups in total. The molecule has 5 heteroatoms. The Balaban J connectivity index is 2.44. The van der Waals surface area contributed by atoms with Crippen molar-refractivity contribution in [1.82, 2.24) is 5.32 Å². The Morgan fingerprint density at radius 2 is 2.16 bits per heavy atom. The van der Waals surface area contributed by atoms with Crippen LogP contribution in [-0.4, -0.2) is 30.9 Å². The predicted molar refractivity (Wildman–Crippen MR) is 75.8 cm³/mol. The molecule has 0 amide bonds. The van der Waals surface area contributed by atoms with Crippen LogP contribution in [0.3, 0.4) is 0 Å². The van der Waals surface area contributed by atoms with Gasteiger partial charge in [-0.05, 0) is 32.0 Å². The molecule has 0 aromatic heterocycles. The minimum Gasteiger partial charge on any atom is -0.465 e. The number of halogens is 1. The highest BCUT2D eigenvalue weighted by Crippen LogP contribution is 2.22. The van der Waals surface area contributed by atoms with E-state index in [9.17, 15) is 9.18 Å². The van der Waals surface area contributed by atoms with Crippen molar-refractivity contribution in [2.75, 3.05) is 18.9 Å². The van der Waals surface area contributed by atoms with Crippen molar-refractivity contribution in [2.45, 2.75) is 31.2 Å². The monoisotopic (exact) mass is 285 g/mol. The first-order valence-corrected chi connectivity index (χ1v) is 7.45. The molecular weight excluding hydrogens is 265 g/mol. The van der Waals surface area contributed by atoms with Gasteiger partial charge in [0.15, 0.2) is 0 Å². The lowest BCUT2D eigenvalue weighted by Gasteiger charge is -2.15. The minimum absolute atomic E-state index is 0.219. The summed E-state index contributed by atoms with van der Waals surface area (Å²) in [7, 11) is 0. The standard InChI is InChI=1S/C14H20FNO2S/c1-3-16-12(14(17)18-4-2)9-10-19-13-8-6-5-7-11(13)15/h5-8,12,16H,3-4,9-10H2,1-2H3. The first-order valence-electron chi connectivity index (χ1n) is 6.46. The molecule has 19 heavy (non-hydrogen) atoms. The van der Waals surface area contributed by atoms with Gasteiger partial charge in [0.25, 0.3) is 0 Å². The van der Waals surface area contributed by atoms with E-state index < -0.39 is 0 Å². The lowest BCUT2D eigenvalue weighted by atomic mass is 10.2. The van der Waals surface area contributed by atoms with Crippen LogP contribution in [0.2, 0.25) is 0 Å². The van der Waals surface area contributed by atoms with Crippen LogP contribution in [0.25, 0.3) is 0 Å². The molecule has 0 aliphatic rings. The SMILES string of the molecule is CCNC(CCSc1ccccc1F)C(=O)OCC. The van der Waals surface area contributed by atoms with Crippen molar-refractivity contribution in [3.05, 3.63) is 30.1 Å². The first-order chi connectivity index (χ1) is 9.19. The Bertz CT molecular complexity index is 401. The Hall–Kier alpha value is -1.07. The van der Waals surface area contributed by atoms with Crippen LogP contribution in [0.4, 0.5) is 4.39 Å². The molecule has 1 atom stereocenters. The molecule has 106 valence electrons. The van der Waals surface area contributed by atoms with Gasteiger partial charge in [0, 0.05) is 10.6 Å². The van der Waals surface area contributed by atoms with Crippen LogP contribution in [-0.2, 0) is 9.53 Å². The van der Waals surface area contributed by atoms with Crippen LogP contribution in [0.15, 0.2) is 29.2 Å². The zero-order valence-corrected chi connectivity index (χ0v) is 12.1. The summed E-state index contributed by atoms with van der Waals surface area (Å²) in [6, 6.07) is 6.34. The van der Waals surface area contributed by atoms with Crippen molar-refractivity contribution >= 4 is 17.7 Å². The second-order valence-corrected chi connectivity index (χ2v) is 5.07. The maximum atomic E-state index is 13.4. The predicted octanol–water partition coefficient (Wildman–Crippen LogP) is 2.85. The van der Waals surface area contributed by atoms with E-state index >= 15 is 0 Å². The number of benzene rings is 1. The highest BCUT2D eigenvalue weighted by atomic mass is 32.2. The highest BCUT2D eigenvalue weighted by molar-refractivity contribution is 7.99. The van der Waals surface area contributed by atoms with E-state index in [2.05, 4.69) is 5.32 Å². The molecule has 0 heterocycles. The van der Waals surface area contributed by atoms with Crippen LogP contribution in [0.5, 0.6) is 0 Å². The molecule has 0 fully saturated rings. The van der Waals surface area contributed by atoms with Gasteiger partial charge in [-0.25, -0.2) is 4.39 Å². The smallest absolute Gasteiger partial charge is 0.323 e. The molecule has 0 saturated heterocycles. The van der Waals surface area contributed by atoms with E-state index in [0.29, 0.717) is 30.2 Å². The van der Waals surface area contributed by atoms with Crippen LogP contribution < -0.4 is 5.32 Å². The van der Waals surface area contributed by atoms with E-state index in [1.54, 1.807) is 25.1 Å². The Labute approximate surface area is 117 Å². The maximum Gasteiger partial charge on any atom is 0.323 e. The third kappa shape index (κ3) is 5.61. The number of carbonyl (C=O) groups excluding carboxylic acids is 1. The summed E-state index contributed by atoms with van der Waals surface area (Å²) >= 11 is 1.41. The average molecular weight is 285 g/mol. The summed E-state index contributed by atoms with van der Waals surface area (Å²) in [6.45, 7) is 4.81. The van der Waals surface area contributed by atoms with E-state index in [0.717, 1.165) is 0 Å². The van der Waals surface area contributed by atoms with Gasteiger partial charge in [0.05, 0.1) is 6.61 Å². The maximum absolute atomic E-state index is 13.4. The molecule has 1 aromatic rings. The van der Waals surface area contributed by atoms with Gasteiger partial charge < -0.3 is 10.1 Å². The molecule has 1 rings (SSSR count). The van der Waals surface area contributed by atoms with Crippen molar-refractivity contribution in [3.8, 4) is 0 Å². The number of likely N-dealkylation sites (N-methyl/N-ethyl adjacent to an activating group) is 1. The molecule has 0 spiro atoms. The fourth-order valence-corrected chi connectivity index (χ4v) is 2.60. The number of nitrogens with one attached hydrogen (secondary N) is 1. The van der Waals surface area contributed by atoms with Gasteiger partial charge in [-0.15, -0.1) is 11.8 Å². The number of thioether (sulfide) groups is 1. The normalized spacial score (nSPS) is 12.2. The fraction of sp³-hybridized carbons (Fsp3) is 0.500. The summed E-state index contributed by atoms with van der Waals surface area (Å²) in [5, 5.41) is 3.09. The van der Waals surface area contributed by atoms with Gasteiger partial charge in [-0.1, -0.05) is 19.1 Å². The average Bonchev–Trinajstić information content (AvgIpc) is 2.40. The van der Waals surface area contributed by atoms with Gasteiger partial charge in [0.2, 0.25) is 0 Å². The molecule has 0 bridgehead atoms. The Morgan fingerprint density at radius 3 is 2.79 bits per heavy atom. The Kier molecular flexibility index (Phi) is 7.52. The van der Waals surface area contributed by atoms with Crippen LogP contribution >= 0.6 is 11.8 Å². The molecule has 0 saturated carbocycles. The lowest BCUT2D eigenvalue weighted by Crippen LogP contribution is -2.38. The first kappa shape index (κ1) is 16.0. The number of esters is 1. The van der Waals surface area contributed by atoms with Crippen molar-refractivity contribution < 1.29 is 13.9 Å². The second-order valence-electron chi connectivity index (χ2n) is 3.93. The summed E-state index contributed by atoms with van der Waals surface area (Å²) in [5.74, 6) is 0.208. The van der Waals surface area contributed by atoms with Gasteiger partial charge in [-0.2, -0.15) is 0 Å². The molecule has 0 aliphatic carbocycles. The molecule has 3 nitrogen and oxygen atoms in total. The van der Waals surface area contributed by atoms with Gasteiger partial charge >= 0.3 is 5.97 Å². The van der Waals surface area contributed by atoms with E-state index in [-0.39, 0.29) is 17.8 Å². The largest absolute Gasteiger partial charge is 0.465 e. The number of rotatable bonds is 8. The van der Waals surface area contributed by atoms with Gasteiger partial charge in [-0.3, -0.25) is 4.79 Å². The van der Waals surface area contributed by atoms with Crippen molar-refractivity contribution in [2.24, 2.45) is 0 Å². The molecule has 0 aliphatic heterocycles. The number of hydrogen-bond acceptors (Lipinski definition) is 4. The highest BCUT2D eigenvalue weighted by Gasteiger charge is 2.18. The summed E-state index contributed by atoms with van der Waals surface area (Å²) in [4.78, 5) is 12.3. The van der Waals surface area contributed by atoms with Gasteiger partial charge in [0.1, 0.15) is 11.9 Å². The van der Waals surface area contributed by atoms with E-state index in [4.69, 9.17) is 4.74 Å². The van der Waals surface area contributed by atoms with Crippen molar-refractivity contribution in [3.63, 3.8) is 0 Å². The molecule has 1 unspecified atom stereocenters. The summed E-state index contributed by atoms with van der Waals surface area (Å²) in [6.07, 6.45) is 0.617. The zero-order chi connectivity index (χ0) is 14.1. The van der Waals surface area contributed by atoms with Crippen LogP contribution in [0, 0.1) is 5.82 Å². The number of hydrogen-bond donors (Lipinski definition) is 1. The fourth-order valence-electron chi connectivity index (χ4n) is 1.64. The van der Waals surface area contributed by atoms with Crippen LogP contribution in [0.1, 0.15) is 20.3 Å². The van der Waals surface area contributed by atoms with E-state index in [1.165, 1.54) is 17.8 Å². The number of ether oxygens (including phenoxy) is 1. The van der Waals surface area contributed by atoms with E-state index in [1.807, 2.05) is 6.92 Å². The summed E-state index contributed by atoms with van der Waals surface area (Å²) < 4.78 is 18.4. The molecular formula is C14H20FNO2S. The third-order valence-corrected chi connectivity index (χ3v) is 3.60. The van der Waals surface area contributed by atoms with Crippen molar-refractivity contribution in [1.29, 1.82) is 0 Å². The minimum atomic E-state index is -0.316. The third-order valence-electron chi connectivity index (χ3n) is 2.52. The molecule has 1 aromatic carbocycles. The topological polar surface area (TPSA) is 38.3 Å². The quantitative estimate of drug-likeness (QED) is 0.589.